The van der Waals surface area contributed by atoms with Crippen LogP contribution in [-0.2, 0) is 16.1 Å². The van der Waals surface area contributed by atoms with Gasteiger partial charge in [-0.2, -0.15) is 5.10 Å². The third kappa shape index (κ3) is 4.94. The number of rotatable bonds is 7. The average Bonchev–Trinajstić information content (AvgIpc) is 2.80. The van der Waals surface area contributed by atoms with Crippen LogP contribution in [0.15, 0.2) is 12.4 Å². The molecule has 1 aromatic rings. The van der Waals surface area contributed by atoms with Crippen LogP contribution >= 0.6 is 0 Å². The minimum atomic E-state index is -1.34. The number of aliphatic hydroxyl groups excluding tert-OH is 1. The molecule has 0 spiro atoms. The summed E-state index contributed by atoms with van der Waals surface area (Å²) in [5.41, 5.74) is 0.413. The molecule has 0 aliphatic carbocycles. The van der Waals surface area contributed by atoms with Crippen molar-refractivity contribution in [3.05, 3.63) is 12.4 Å². The van der Waals surface area contributed by atoms with Gasteiger partial charge in [-0.3, -0.25) is 4.68 Å². The third-order valence-electron chi connectivity index (χ3n) is 2.20. The van der Waals surface area contributed by atoms with Gasteiger partial charge < -0.3 is 25.6 Å². The van der Waals surface area contributed by atoms with Crippen LogP contribution in [0.2, 0.25) is 0 Å². The number of carboxylic acid groups (broad SMARTS) is 1. The number of amides is 2. The number of hydrogen-bond donors (Lipinski definition) is 4. The van der Waals surface area contributed by atoms with Gasteiger partial charge in [-0.05, 0) is 0 Å². The van der Waals surface area contributed by atoms with Gasteiger partial charge >= 0.3 is 12.0 Å². The number of ether oxygens (including phenoxy) is 1. The molecule has 9 heteroatoms. The van der Waals surface area contributed by atoms with E-state index in [0.717, 1.165) is 0 Å². The molecule has 0 unspecified atom stereocenters. The van der Waals surface area contributed by atoms with E-state index in [4.69, 9.17) is 14.9 Å². The molecular formula is C10H16N4O5. The van der Waals surface area contributed by atoms with Crippen molar-refractivity contribution >= 4 is 17.7 Å². The van der Waals surface area contributed by atoms with Crippen LogP contribution in [0.3, 0.4) is 0 Å². The van der Waals surface area contributed by atoms with Crippen molar-refractivity contribution in [1.82, 2.24) is 15.1 Å². The van der Waals surface area contributed by atoms with Crippen molar-refractivity contribution in [1.29, 1.82) is 0 Å². The van der Waals surface area contributed by atoms with E-state index in [1.54, 1.807) is 18.0 Å². The van der Waals surface area contributed by atoms with Crippen LogP contribution in [-0.4, -0.2) is 58.4 Å². The Kier molecular flexibility index (Phi) is 5.76. The number of carbonyl (C=O) groups excluding carboxylic acids is 1. The Hall–Kier alpha value is -2.13. The predicted molar refractivity (Wildman–Crippen MR) is 64.8 cm³/mol. The molecule has 0 fully saturated rings. The largest absolute Gasteiger partial charge is 0.480 e. The normalized spacial score (nSPS) is 11.9. The van der Waals surface area contributed by atoms with Crippen LogP contribution in [0.1, 0.15) is 0 Å². The highest BCUT2D eigenvalue weighted by Crippen LogP contribution is 2.04. The quantitative estimate of drug-likeness (QED) is 0.509. The zero-order valence-corrected chi connectivity index (χ0v) is 10.4. The van der Waals surface area contributed by atoms with Gasteiger partial charge in [-0.25, -0.2) is 9.59 Å². The Morgan fingerprint density at radius 2 is 2.32 bits per heavy atom. The summed E-state index contributed by atoms with van der Waals surface area (Å²) in [5.74, 6) is -1.31. The Morgan fingerprint density at radius 1 is 1.58 bits per heavy atom. The number of nitrogens with one attached hydrogen (secondary N) is 2. The molecule has 19 heavy (non-hydrogen) atoms. The number of nitrogens with zero attached hydrogens (tertiary/aromatic N) is 2. The molecule has 1 heterocycles. The Labute approximate surface area is 109 Å². The van der Waals surface area contributed by atoms with Crippen LogP contribution in [0.25, 0.3) is 0 Å². The summed E-state index contributed by atoms with van der Waals surface area (Å²) in [7, 11) is 1.57. The van der Waals surface area contributed by atoms with Crippen molar-refractivity contribution in [3.63, 3.8) is 0 Å². The molecule has 0 aromatic carbocycles. The average molecular weight is 272 g/mol. The molecule has 0 saturated heterocycles. The standard InChI is InChI=1S/C10H16N4O5/c1-19-3-2-14-5-7(4-11-14)12-10(18)13-8(6-15)9(16)17/h4-5,8,15H,2-3,6H2,1H3,(H,16,17)(H2,12,13,18)/t8-/m1/s1. The molecule has 1 rings (SSSR count). The molecule has 1 atom stereocenters. The highest BCUT2D eigenvalue weighted by Gasteiger charge is 2.18. The summed E-state index contributed by atoms with van der Waals surface area (Å²) >= 11 is 0. The predicted octanol–water partition coefficient (Wildman–Crippen LogP) is -0.903. The molecule has 2 amide bonds. The number of aliphatic carboxylic acids is 1. The smallest absolute Gasteiger partial charge is 0.328 e. The van der Waals surface area contributed by atoms with Gasteiger partial charge in [0.15, 0.2) is 6.04 Å². The van der Waals surface area contributed by atoms with Crippen molar-refractivity contribution in [2.24, 2.45) is 0 Å². The Balaban J connectivity index is 2.47. The maximum atomic E-state index is 11.5. The molecule has 1 aromatic heterocycles. The highest BCUT2D eigenvalue weighted by atomic mass is 16.5. The summed E-state index contributed by atoms with van der Waals surface area (Å²) < 4.78 is 6.45. The van der Waals surface area contributed by atoms with Crippen LogP contribution in [0, 0.1) is 0 Å². The third-order valence-corrected chi connectivity index (χ3v) is 2.20. The molecule has 106 valence electrons. The second-order valence-corrected chi connectivity index (χ2v) is 3.66. The van der Waals surface area contributed by atoms with Crippen molar-refractivity contribution < 1.29 is 24.5 Å². The Morgan fingerprint density at radius 3 is 2.89 bits per heavy atom. The highest BCUT2D eigenvalue weighted by molar-refractivity contribution is 5.92. The Bertz CT molecular complexity index is 433. The minimum absolute atomic E-state index is 0.413. The first-order valence-corrected chi connectivity index (χ1v) is 5.49. The number of methoxy groups -OCH3 is 1. The number of aliphatic hydroxyl groups is 1. The van der Waals surface area contributed by atoms with Crippen molar-refractivity contribution in [2.75, 3.05) is 25.6 Å². The fourth-order valence-corrected chi connectivity index (χ4v) is 1.25. The molecule has 9 nitrogen and oxygen atoms in total. The lowest BCUT2D eigenvalue weighted by Crippen LogP contribution is -2.45. The van der Waals surface area contributed by atoms with Gasteiger partial charge in [0.1, 0.15) is 0 Å². The van der Waals surface area contributed by atoms with Crippen molar-refractivity contribution in [3.8, 4) is 0 Å². The molecule has 0 radical (unpaired) electrons. The molecule has 0 saturated carbocycles. The summed E-state index contributed by atoms with van der Waals surface area (Å²) in [5, 5.41) is 25.9. The SMILES string of the molecule is COCCn1cc(NC(=O)N[C@H](CO)C(=O)O)cn1. The summed E-state index contributed by atoms with van der Waals surface area (Å²) in [6, 6.07) is -2.07. The summed E-state index contributed by atoms with van der Waals surface area (Å²) in [6.07, 6.45) is 3.00. The number of hydrogen-bond acceptors (Lipinski definition) is 5. The van der Waals surface area contributed by atoms with E-state index in [9.17, 15) is 9.59 Å². The fraction of sp³-hybridized carbons (Fsp3) is 0.500. The van der Waals surface area contributed by atoms with Gasteiger partial charge in [0.05, 0.1) is 31.6 Å². The molecule has 0 bridgehead atoms. The lowest BCUT2D eigenvalue weighted by molar-refractivity contribution is -0.140. The van der Waals surface area contributed by atoms with E-state index in [1.807, 2.05) is 0 Å². The van der Waals surface area contributed by atoms with E-state index in [-0.39, 0.29) is 0 Å². The van der Waals surface area contributed by atoms with Crippen LogP contribution in [0.5, 0.6) is 0 Å². The fourth-order valence-electron chi connectivity index (χ4n) is 1.25. The molecular weight excluding hydrogens is 256 g/mol. The lowest BCUT2D eigenvalue weighted by atomic mass is 10.3. The van der Waals surface area contributed by atoms with Crippen LogP contribution < -0.4 is 10.6 Å². The second kappa shape index (κ2) is 7.34. The van der Waals surface area contributed by atoms with Crippen molar-refractivity contribution in [2.45, 2.75) is 12.6 Å². The van der Waals surface area contributed by atoms with Gasteiger partial charge in [0.2, 0.25) is 0 Å². The summed E-state index contributed by atoms with van der Waals surface area (Å²) in [4.78, 5) is 22.1. The number of urea groups is 1. The van der Waals surface area contributed by atoms with E-state index in [0.29, 0.717) is 18.8 Å². The van der Waals surface area contributed by atoms with Gasteiger partial charge in [-0.15, -0.1) is 0 Å². The number of carbonyl (C=O) groups is 2. The first-order valence-electron chi connectivity index (χ1n) is 5.49. The first-order chi connectivity index (χ1) is 9.06. The number of anilines is 1. The number of carboxylic acids is 1. The van der Waals surface area contributed by atoms with Crippen LogP contribution in [0.4, 0.5) is 10.5 Å². The topological polar surface area (TPSA) is 126 Å². The molecule has 0 aliphatic heterocycles. The second-order valence-electron chi connectivity index (χ2n) is 3.66. The van der Waals surface area contributed by atoms with E-state index < -0.39 is 24.6 Å². The van der Waals surface area contributed by atoms with Gasteiger partial charge in [0.25, 0.3) is 0 Å². The number of aromatic nitrogens is 2. The van der Waals surface area contributed by atoms with E-state index in [1.165, 1.54) is 6.20 Å². The van der Waals surface area contributed by atoms with Gasteiger partial charge in [-0.1, -0.05) is 0 Å². The van der Waals surface area contributed by atoms with Gasteiger partial charge in [0, 0.05) is 13.3 Å². The summed E-state index contributed by atoms with van der Waals surface area (Å²) in [6.45, 7) is 0.336. The molecule has 4 N–H and O–H groups in total. The minimum Gasteiger partial charge on any atom is -0.480 e. The van der Waals surface area contributed by atoms with E-state index in [2.05, 4.69) is 15.7 Å². The lowest BCUT2D eigenvalue weighted by Gasteiger charge is -2.11. The molecule has 0 aliphatic rings. The first kappa shape index (κ1) is 14.9. The zero-order valence-electron chi connectivity index (χ0n) is 10.4. The monoisotopic (exact) mass is 272 g/mol. The van der Waals surface area contributed by atoms with E-state index >= 15 is 0 Å². The maximum absolute atomic E-state index is 11.5. The maximum Gasteiger partial charge on any atom is 0.328 e. The zero-order chi connectivity index (χ0) is 14.3.